The Morgan fingerprint density at radius 1 is 1.06 bits per heavy atom. The van der Waals surface area contributed by atoms with Gasteiger partial charge in [0.1, 0.15) is 23.2 Å². The van der Waals surface area contributed by atoms with Gasteiger partial charge in [0.2, 0.25) is 11.0 Å². The molecule has 8 nitrogen and oxygen atoms in total. The number of hydrogen-bond donors (Lipinski definition) is 2. The summed E-state index contributed by atoms with van der Waals surface area (Å²) in [6.45, 7) is 0.245. The zero-order valence-electron chi connectivity index (χ0n) is 18.7. The van der Waals surface area contributed by atoms with Crippen molar-refractivity contribution in [3.8, 4) is 5.75 Å². The molecule has 2 N–H and O–H groups in total. The van der Waals surface area contributed by atoms with Gasteiger partial charge in [-0.15, -0.1) is 10.2 Å². The number of nitrogens with one attached hydrogen (secondary N) is 2. The number of rotatable bonds is 9. The summed E-state index contributed by atoms with van der Waals surface area (Å²) in [7, 11) is 0. The molecule has 0 spiro atoms. The van der Waals surface area contributed by atoms with Crippen molar-refractivity contribution in [3.63, 3.8) is 0 Å². The lowest BCUT2D eigenvalue weighted by atomic mass is 10.2. The van der Waals surface area contributed by atoms with Gasteiger partial charge in [0.25, 0.3) is 5.91 Å². The van der Waals surface area contributed by atoms with E-state index < -0.39 is 5.91 Å². The lowest BCUT2D eigenvalue weighted by Crippen LogP contribution is -2.19. The molecular formula is C25H19BrFN5O3S. The number of amides is 2. The molecule has 0 bridgehead atoms. The molecule has 0 fully saturated rings. The minimum absolute atomic E-state index is 0.0530. The Kier molecular flexibility index (Phi) is 8.48. The monoisotopic (exact) mass is 567 g/mol. The van der Waals surface area contributed by atoms with Crippen molar-refractivity contribution in [1.29, 1.82) is 0 Å². The molecule has 182 valence electrons. The molecule has 0 unspecified atom stereocenters. The standard InChI is InChI=1S/C25H19BrFN5O3S/c26-19-8-11-21(35-15-16-6-9-20(27)10-7-16)18(12-19)14-28-30-22(33)13-23-31-32-25(36-23)29-24(34)17-4-2-1-3-5-17/h1-12,14H,13,15H2,(H,30,33)(H,29,32,34)/b28-14-. The highest BCUT2D eigenvalue weighted by Crippen LogP contribution is 2.23. The van der Waals surface area contributed by atoms with Gasteiger partial charge in [-0.05, 0) is 48.0 Å². The second kappa shape index (κ2) is 12.1. The molecule has 36 heavy (non-hydrogen) atoms. The largest absolute Gasteiger partial charge is 0.488 e. The quantitative estimate of drug-likeness (QED) is 0.219. The van der Waals surface area contributed by atoms with Crippen LogP contribution in [0.3, 0.4) is 0 Å². The summed E-state index contributed by atoms with van der Waals surface area (Å²) in [4.78, 5) is 24.5. The van der Waals surface area contributed by atoms with Gasteiger partial charge < -0.3 is 4.74 Å². The van der Waals surface area contributed by atoms with Crippen molar-refractivity contribution in [2.75, 3.05) is 5.32 Å². The number of hydrazone groups is 1. The van der Waals surface area contributed by atoms with Crippen LogP contribution in [0, 0.1) is 5.82 Å². The first-order chi connectivity index (χ1) is 17.5. The first-order valence-electron chi connectivity index (χ1n) is 10.6. The number of anilines is 1. The van der Waals surface area contributed by atoms with Gasteiger partial charge in [0.05, 0.1) is 12.6 Å². The Labute approximate surface area is 218 Å². The fourth-order valence-corrected chi connectivity index (χ4v) is 4.09. The Bertz CT molecular complexity index is 1380. The Morgan fingerprint density at radius 3 is 2.61 bits per heavy atom. The van der Waals surface area contributed by atoms with Gasteiger partial charge in [0, 0.05) is 15.6 Å². The first-order valence-corrected chi connectivity index (χ1v) is 12.2. The molecule has 4 rings (SSSR count). The third-order valence-corrected chi connectivity index (χ3v) is 6.04. The second-order valence-electron chi connectivity index (χ2n) is 7.39. The van der Waals surface area contributed by atoms with Crippen LogP contribution in [0.25, 0.3) is 0 Å². The van der Waals surface area contributed by atoms with Crippen LogP contribution in [0.2, 0.25) is 0 Å². The van der Waals surface area contributed by atoms with Crippen LogP contribution in [0.15, 0.2) is 82.4 Å². The van der Waals surface area contributed by atoms with Gasteiger partial charge in [0.15, 0.2) is 0 Å². The molecule has 0 aliphatic heterocycles. The summed E-state index contributed by atoms with van der Waals surface area (Å²) in [5, 5.41) is 15.3. The zero-order valence-corrected chi connectivity index (χ0v) is 21.1. The lowest BCUT2D eigenvalue weighted by Gasteiger charge is -2.09. The van der Waals surface area contributed by atoms with Crippen molar-refractivity contribution in [3.05, 3.63) is 105 Å². The highest BCUT2D eigenvalue weighted by Gasteiger charge is 2.12. The van der Waals surface area contributed by atoms with E-state index >= 15 is 0 Å². The number of nitrogens with zero attached hydrogens (tertiary/aromatic N) is 3. The van der Waals surface area contributed by atoms with Crippen molar-refractivity contribution < 1.29 is 18.7 Å². The minimum atomic E-state index is -0.396. The van der Waals surface area contributed by atoms with E-state index in [1.807, 2.05) is 12.1 Å². The maximum atomic E-state index is 13.1. The summed E-state index contributed by atoms with van der Waals surface area (Å²) < 4.78 is 19.7. The topological polar surface area (TPSA) is 106 Å². The van der Waals surface area contributed by atoms with E-state index in [2.05, 4.69) is 42.0 Å². The number of halogens is 2. The molecular weight excluding hydrogens is 549 g/mol. The Hall–Kier alpha value is -3.96. The van der Waals surface area contributed by atoms with E-state index in [1.54, 1.807) is 48.5 Å². The first kappa shape index (κ1) is 25.1. The molecule has 3 aromatic carbocycles. The second-order valence-corrected chi connectivity index (χ2v) is 9.37. The van der Waals surface area contributed by atoms with Crippen molar-refractivity contribution in [1.82, 2.24) is 15.6 Å². The molecule has 0 aliphatic rings. The third kappa shape index (κ3) is 7.27. The lowest BCUT2D eigenvalue weighted by molar-refractivity contribution is -0.120. The van der Waals surface area contributed by atoms with E-state index in [4.69, 9.17) is 4.74 Å². The molecule has 1 heterocycles. The molecule has 0 saturated heterocycles. The molecule has 2 amide bonds. The van der Waals surface area contributed by atoms with Gasteiger partial charge >= 0.3 is 0 Å². The summed E-state index contributed by atoms with van der Waals surface area (Å²) in [6, 6.07) is 20.1. The van der Waals surface area contributed by atoms with Crippen LogP contribution in [0.1, 0.15) is 26.5 Å². The van der Waals surface area contributed by atoms with Gasteiger partial charge in [-0.3, -0.25) is 14.9 Å². The van der Waals surface area contributed by atoms with Crippen LogP contribution in [-0.2, 0) is 17.8 Å². The van der Waals surface area contributed by atoms with Gasteiger partial charge in [-0.25, -0.2) is 9.82 Å². The summed E-state index contributed by atoms with van der Waals surface area (Å²) in [5.41, 5.74) is 4.39. The number of benzene rings is 3. The van der Waals surface area contributed by atoms with E-state index in [0.29, 0.717) is 27.0 Å². The smallest absolute Gasteiger partial charge is 0.257 e. The average molecular weight is 568 g/mol. The van der Waals surface area contributed by atoms with Crippen molar-refractivity contribution in [2.45, 2.75) is 13.0 Å². The fraction of sp³-hybridized carbons (Fsp3) is 0.0800. The summed E-state index contributed by atoms with van der Waals surface area (Å²) >= 11 is 4.52. The molecule has 1 aromatic heterocycles. The highest BCUT2D eigenvalue weighted by atomic mass is 79.9. The van der Waals surface area contributed by atoms with Gasteiger partial charge in [-0.1, -0.05) is 57.6 Å². The number of carbonyl (C=O) groups is 2. The summed E-state index contributed by atoms with van der Waals surface area (Å²) in [6.07, 6.45) is 1.41. The average Bonchev–Trinajstić information content (AvgIpc) is 3.31. The van der Waals surface area contributed by atoms with Crippen LogP contribution < -0.4 is 15.5 Å². The molecule has 0 radical (unpaired) electrons. The van der Waals surface area contributed by atoms with Crippen molar-refractivity contribution >= 4 is 50.4 Å². The number of ether oxygens (including phenoxy) is 1. The predicted octanol–water partition coefficient (Wildman–Crippen LogP) is 4.96. The van der Waals surface area contributed by atoms with E-state index in [0.717, 1.165) is 21.4 Å². The van der Waals surface area contributed by atoms with Crippen LogP contribution in [0.4, 0.5) is 9.52 Å². The Morgan fingerprint density at radius 2 is 1.83 bits per heavy atom. The van der Waals surface area contributed by atoms with E-state index in [-0.39, 0.29) is 24.8 Å². The Balaban J connectivity index is 1.31. The summed E-state index contributed by atoms with van der Waals surface area (Å²) in [5.74, 6) is -0.470. The molecule has 11 heteroatoms. The highest BCUT2D eigenvalue weighted by molar-refractivity contribution is 9.10. The normalized spacial score (nSPS) is 10.8. The minimum Gasteiger partial charge on any atom is -0.488 e. The molecule has 0 saturated carbocycles. The molecule has 4 aromatic rings. The van der Waals surface area contributed by atoms with Crippen LogP contribution in [-0.4, -0.2) is 28.2 Å². The SMILES string of the molecule is O=C(Cc1nnc(NC(=O)c2ccccc2)s1)N/N=C\c1cc(Br)ccc1OCc1ccc(F)cc1. The maximum Gasteiger partial charge on any atom is 0.257 e. The van der Waals surface area contributed by atoms with Crippen molar-refractivity contribution in [2.24, 2.45) is 5.10 Å². The predicted molar refractivity (Wildman–Crippen MR) is 139 cm³/mol. The molecule has 0 aliphatic carbocycles. The zero-order chi connectivity index (χ0) is 25.3. The van der Waals surface area contributed by atoms with Crippen LogP contribution >= 0.6 is 27.3 Å². The number of aromatic nitrogens is 2. The van der Waals surface area contributed by atoms with E-state index in [9.17, 15) is 14.0 Å². The van der Waals surface area contributed by atoms with Crippen LogP contribution in [0.5, 0.6) is 5.75 Å². The maximum absolute atomic E-state index is 13.1. The van der Waals surface area contributed by atoms with E-state index in [1.165, 1.54) is 18.3 Å². The van der Waals surface area contributed by atoms with Gasteiger partial charge in [-0.2, -0.15) is 5.10 Å². The number of carbonyl (C=O) groups excluding carboxylic acids is 2. The third-order valence-electron chi connectivity index (χ3n) is 4.71. The fourth-order valence-electron chi connectivity index (χ4n) is 2.98. The number of hydrogen-bond acceptors (Lipinski definition) is 7. The molecule has 0 atom stereocenters.